The van der Waals surface area contributed by atoms with Gasteiger partial charge in [0.15, 0.2) is 0 Å². The molecule has 1 aliphatic rings. The lowest BCUT2D eigenvalue weighted by Crippen LogP contribution is -2.39. The zero-order chi connectivity index (χ0) is 24.0. The van der Waals surface area contributed by atoms with Gasteiger partial charge in [0.25, 0.3) is 0 Å². The Hall–Kier alpha value is -2.63. The molecule has 1 N–H and O–H groups in total. The molecular weight excluding hydrogens is 412 g/mol. The van der Waals surface area contributed by atoms with E-state index in [9.17, 15) is 9.59 Å². The molecule has 0 saturated carbocycles. The highest BCUT2D eigenvalue weighted by Gasteiger charge is 2.23. The molecule has 0 aliphatic carbocycles. The van der Waals surface area contributed by atoms with Gasteiger partial charge in [0.1, 0.15) is 5.82 Å². The number of pyridine rings is 1. The van der Waals surface area contributed by atoms with Crippen molar-refractivity contribution in [3.63, 3.8) is 0 Å². The van der Waals surface area contributed by atoms with Crippen LogP contribution in [0, 0.1) is 18.8 Å². The quantitative estimate of drug-likeness (QED) is 0.554. The maximum atomic E-state index is 12.5. The Morgan fingerprint density at radius 3 is 2.52 bits per heavy atom. The molecule has 1 saturated heterocycles. The molecule has 2 atom stereocenters. The van der Waals surface area contributed by atoms with E-state index in [1.165, 1.54) is 6.42 Å². The van der Waals surface area contributed by atoms with Crippen molar-refractivity contribution in [2.75, 3.05) is 36.4 Å². The second kappa shape index (κ2) is 11.5. The predicted molar refractivity (Wildman–Crippen MR) is 137 cm³/mol. The van der Waals surface area contributed by atoms with Crippen LogP contribution in [0.5, 0.6) is 0 Å². The molecule has 1 fully saturated rings. The van der Waals surface area contributed by atoms with Crippen molar-refractivity contribution in [1.82, 2.24) is 9.88 Å². The van der Waals surface area contributed by atoms with Gasteiger partial charge in [0, 0.05) is 50.1 Å². The van der Waals surface area contributed by atoms with Crippen LogP contribution in [0.25, 0.3) is 10.9 Å². The topological polar surface area (TPSA) is 65.5 Å². The summed E-state index contributed by atoms with van der Waals surface area (Å²) in [5, 5.41) is 4.00. The molecule has 180 valence electrons. The average Bonchev–Trinajstić information content (AvgIpc) is 2.77. The second-order valence-corrected chi connectivity index (χ2v) is 9.76. The predicted octanol–water partition coefficient (Wildman–Crippen LogP) is 5.39. The Morgan fingerprint density at radius 2 is 1.85 bits per heavy atom. The number of fused-ring (bicyclic) bond motifs is 1. The smallest absolute Gasteiger partial charge is 0.224 e. The van der Waals surface area contributed by atoms with Crippen LogP contribution < -0.4 is 10.2 Å². The van der Waals surface area contributed by atoms with Gasteiger partial charge in [-0.1, -0.05) is 27.2 Å². The largest absolute Gasteiger partial charge is 0.356 e. The Labute approximate surface area is 198 Å². The molecule has 0 spiro atoms. The summed E-state index contributed by atoms with van der Waals surface area (Å²) < 4.78 is 0. The second-order valence-electron chi connectivity index (χ2n) is 9.76. The maximum Gasteiger partial charge on any atom is 0.224 e. The first-order valence-electron chi connectivity index (χ1n) is 12.5. The number of carbonyl (C=O) groups excluding carboxylic acids is 2. The van der Waals surface area contributed by atoms with Crippen LogP contribution in [-0.2, 0) is 9.59 Å². The van der Waals surface area contributed by atoms with E-state index in [2.05, 4.69) is 44.0 Å². The van der Waals surface area contributed by atoms with E-state index in [0.29, 0.717) is 18.4 Å². The van der Waals surface area contributed by atoms with Crippen LogP contribution >= 0.6 is 0 Å². The van der Waals surface area contributed by atoms with Gasteiger partial charge in [0.2, 0.25) is 11.8 Å². The number of benzene rings is 1. The van der Waals surface area contributed by atoms with Crippen molar-refractivity contribution in [3.8, 4) is 0 Å². The number of rotatable bonds is 9. The normalized spacial score (nSPS) is 18.4. The van der Waals surface area contributed by atoms with Crippen LogP contribution in [0.4, 0.5) is 11.5 Å². The fourth-order valence-corrected chi connectivity index (χ4v) is 4.88. The first-order chi connectivity index (χ1) is 15.8. The summed E-state index contributed by atoms with van der Waals surface area (Å²) in [6, 6.07) is 8.03. The highest BCUT2D eigenvalue weighted by atomic mass is 16.2. The van der Waals surface area contributed by atoms with Gasteiger partial charge in [0.05, 0.1) is 5.52 Å². The number of aryl methyl sites for hydroxylation is 1. The SMILES string of the molecule is CCCCN(CC)C(=O)CCC(=O)Nc1ccc2nc(N3C[C@H](C)C[C@@H](C)C3)cc(C)c2c1. The first kappa shape index (κ1) is 25.0. The van der Waals surface area contributed by atoms with Gasteiger partial charge in [-0.15, -0.1) is 0 Å². The number of nitrogens with one attached hydrogen (secondary N) is 1. The summed E-state index contributed by atoms with van der Waals surface area (Å²) >= 11 is 0. The molecule has 2 aromatic rings. The zero-order valence-electron chi connectivity index (χ0n) is 21.0. The van der Waals surface area contributed by atoms with Gasteiger partial charge in [-0.2, -0.15) is 0 Å². The molecule has 6 nitrogen and oxygen atoms in total. The third-order valence-corrected chi connectivity index (χ3v) is 6.56. The van der Waals surface area contributed by atoms with Crippen molar-refractivity contribution < 1.29 is 9.59 Å². The summed E-state index contributed by atoms with van der Waals surface area (Å²) in [5.74, 6) is 2.30. The van der Waals surface area contributed by atoms with Crippen LogP contribution in [0.1, 0.15) is 65.4 Å². The van der Waals surface area contributed by atoms with E-state index in [0.717, 1.165) is 60.4 Å². The molecule has 1 aromatic heterocycles. The summed E-state index contributed by atoms with van der Waals surface area (Å²) in [5.41, 5.74) is 2.84. The van der Waals surface area contributed by atoms with E-state index in [4.69, 9.17) is 4.98 Å². The zero-order valence-corrected chi connectivity index (χ0v) is 21.0. The van der Waals surface area contributed by atoms with Crippen LogP contribution in [0.15, 0.2) is 24.3 Å². The summed E-state index contributed by atoms with van der Waals surface area (Å²) in [4.78, 5) is 34.0. The number of hydrogen-bond donors (Lipinski definition) is 1. The summed E-state index contributed by atoms with van der Waals surface area (Å²) in [6.45, 7) is 14.4. The van der Waals surface area contributed by atoms with E-state index >= 15 is 0 Å². The first-order valence-corrected chi connectivity index (χ1v) is 12.5. The lowest BCUT2D eigenvalue weighted by Gasteiger charge is -2.36. The minimum Gasteiger partial charge on any atom is -0.356 e. The number of carbonyl (C=O) groups is 2. The highest BCUT2D eigenvalue weighted by molar-refractivity contribution is 5.96. The molecule has 1 aliphatic heterocycles. The number of unbranched alkanes of at least 4 members (excludes halogenated alkanes) is 1. The molecule has 0 radical (unpaired) electrons. The Balaban J connectivity index is 1.64. The lowest BCUT2D eigenvalue weighted by molar-refractivity contribution is -0.132. The minimum absolute atomic E-state index is 0.0496. The molecule has 0 bridgehead atoms. The summed E-state index contributed by atoms with van der Waals surface area (Å²) in [7, 11) is 0. The van der Waals surface area contributed by atoms with E-state index in [1.807, 2.05) is 30.0 Å². The van der Waals surface area contributed by atoms with Gasteiger partial charge < -0.3 is 15.1 Å². The lowest BCUT2D eigenvalue weighted by atomic mass is 9.92. The van der Waals surface area contributed by atoms with Gasteiger partial charge >= 0.3 is 0 Å². The Morgan fingerprint density at radius 1 is 1.12 bits per heavy atom. The average molecular weight is 453 g/mol. The van der Waals surface area contributed by atoms with Gasteiger partial charge in [-0.05, 0) is 68.4 Å². The highest BCUT2D eigenvalue weighted by Crippen LogP contribution is 2.29. The van der Waals surface area contributed by atoms with Crippen molar-refractivity contribution >= 4 is 34.2 Å². The van der Waals surface area contributed by atoms with Crippen molar-refractivity contribution in [2.45, 2.75) is 66.7 Å². The maximum absolute atomic E-state index is 12.5. The van der Waals surface area contributed by atoms with E-state index in [1.54, 1.807) is 0 Å². The van der Waals surface area contributed by atoms with E-state index < -0.39 is 0 Å². The van der Waals surface area contributed by atoms with Crippen molar-refractivity contribution in [3.05, 3.63) is 29.8 Å². The molecular formula is C27H40N4O2. The molecule has 3 rings (SSSR count). The minimum atomic E-state index is -0.132. The number of amides is 2. The number of piperidine rings is 1. The fraction of sp³-hybridized carbons (Fsp3) is 0.593. The molecule has 2 amide bonds. The number of aromatic nitrogens is 1. The fourth-order valence-electron chi connectivity index (χ4n) is 4.88. The Bertz CT molecular complexity index is 964. The third kappa shape index (κ3) is 6.68. The van der Waals surface area contributed by atoms with E-state index in [-0.39, 0.29) is 24.7 Å². The molecule has 2 heterocycles. The standard InChI is InChI=1S/C27H40N4O2/c1-6-8-13-30(7-2)27(33)12-11-26(32)28-22-9-10-24-23(16-22)21(5)15-25(29-24)31-17-19(3)14-20(4)18-31/h9-10,15-16,19-20H,6-8,11-14,17-18H2,1-5H3,(H,28,32)/t19-,20-/m1/s1. The number of anilines is 2. The monoisotopic (exact) mass is 452 g/mol. The Kier molecular flexibility index (Phi) is 8.70. The molecule has 6 heteroatoms. The number of nitrogens with zero attached hydrogens (tertiary/aromatic N) is 3. The van der Waals surface area contributed by atoms with Crippen molar-refractivity contribution in [2.24, 2.45) is 11.8 Å². The molecule has 33 heavy (non-hydrogen) atoms. The van der Waals surface area contributed by atoms with Crippen LogP contribution in [0.3, 0.4) is 0 Å². The molecule has 0 unspecified atom stereocenters. The van der Waals surface area contributed by atoms with Crippen LogP contribution in [0.2, 0.25) is 0 Å². The van der Waals surface area contributed by atoms with Crippen molar-refractivity contribution in [1.29, 1.82) is 0 Å². The number of hydrogen-bond acceptors (Lipinski definition) is 4. The van der Waals surface area contributed by atoms with Gasteiger partial charge in [-0.25, -0.2) is 4.98 Å². The van der Waals surface area contributed by atoms with Crippen LogP contribution in [-0.4, -0.2) is 47.9 Å². The van der Waals surface area contributed by atoms with Gasteiger partial charge in [-0.3, -0.25) is 9.59 Å². The third-order valence-electron chi connectivity index (χ3n) is 6.56. The molecule has 1 aromatic carbocycles. The summed E-state index contributed by atoms with van der Waals surface area (Å²) in [6.07, 6.45) is 3.76.